The Morgan fingerprint density at radius 1 is 1.00 bits per heavy atom. The second-order valence-electron chi connectivity index (χ2n) is 7.76. The Hall–Kier alpha value is -2.71. The second kappa shape index (κ2) is 11.2. The number of nitrogens with zero attached hydrogens (tertiary/aromatic N) is 1. The molecule has 0 saturated heterocycles. The first-order valence-electron chi connectivity index (χ1n) is 10.9. The maximum absolute atomic E-state index is 13.1. The molecule has 2 N–H and O–H groups in total. The number of amides is 2. The van der Waals surface area contributed by atoms with Gasteiger partial charge in [0.15, 0.2) is 0 Å². The van der Waals surface area contributed by atoms with E-state index in [4.69, 9.17) is 0 Å². The van der Waals surface area contributed by atoms with Gasteiger partial charge < -0.3 is 10.6 Å². The summed E-state index contributed by atoms with van der Waals surface area (Å²) in [6.45, 7) is 9.85. The molecular weight excluding hydrogens is 426 g/mol. The normalized spacial score (nSPS) is 13.4. The highest BCUT2D eigenvalue weighted by Gasteiger charge is 2.28. The number of carbonyl (C=O) groups is 2. The summed E-state index contributed by atoms with van der Waals surface area (Å²) in [4.78, 5) is 25.9. The van der Waals surface area contributed by atoms with Gasteiger partial charge in [-0.1, -0.05) is 58.4 Å². The van der Waals surface area contributed by atoms with E-state index in [0.717, 1.165) is 0 Å². The molecule has 0 radical (unpaired) electrons. The number of hydrogen-bond donors (Lipinski definition) is 2. The summed E-state index contributed by atoms with van der Waals surface area (Å²) in [7, 11) is -3.67. The van der Waals surface area contributed by atoms with Gasteiger partial charge in [0.05, 0.1) is 4.90 Å². The van der Waals surface area contributed by atoms with E-state index in [2.05, 4.69) is 10.6 Å². The van der Waals surface area contributed by atoms with Gasteiger partial charge in [-0.05, 0) is 42.7 Å². The third-order valence-corrected chi connectivity index (χ3v) is 7.79. The van der Waals surface area contributed by atoms with Gasteiger partial charge in [0.25, 0.3) is 5.91 Å². The fourth-order valence-corrected chi connectivity index (χ4v) is 5.10. The largest absolute Gasteiger partial charge is 0.340 e. The highest BCUT2D eigenvalue weighted by molar-refractivity contribution is 7.89. The molecule has 2 atom stereocenters. The molecule has 2 aromatic rings. The van der Waals surface area contributed by atoms with E-state index in [-0.39, 0.29) is 16.7 Å². The Bertz CT molecular complexity index is 1030. The van der Waals surface area contributed by atoms with Gasteiger partial charge in [0.2, 0.25) is 15.9 Å². The number of carbonyl (C=O) groups excluding carboxylic acids is 2. The Morgan fingerprint density at radius 2 is 1.62 bits per heavy atom. The van der Waals surface area contributed by atoms with Crippen LogP contribution in [0.15, 0.2) is 53.4 Å². The van der Waals surface area contributed by atoms with Crippen LogP contribution in [0.1, 0.15) is 50.0 Å². The number of benzene rings is 2. The van der Waals surface area contributed by atoms with E-state index in [9.17, 15) is 18.0 Å². The highest BCUT2D eigenvalue weighted by Crippen LogP contribution is 2.24. The SMILES string of the molecule is CCC(C)C(NC(=O)c1ccccc1)C(=O)Nc1ccc(C)c(S(=O)(=O)N(CC)CC)c1. The average molecular weight is 460 g/mol. The number of aryl methyl sites for hydroxylation is 1. The van der Waals surface area contributed by atoms with Crippen molar-refractivity contribution >= 4 is 27.5 Å². The molecule has 0 bridgehead atoms. The van der Waals surface area contributed by atoms with E-state index < -0.39 is 22.0 Å². The Morgan fingerprint density at radius 3 is 2.19 bits per heavy atom. The lowest BCUT2D eigenvalue weighted by molar-refractivity contribution is -0.119. The number of hydrogen-bond acceptors (Lipinski definition) is 4. The third-order valence-electron chi connectivity index (χ3n) is 5.60. The van der Waals surface area contributed by atoms with Crippen molar-refractivity contribution in [3.63, 3.8) is 0 Å². The van der Waals surface area contributed by atoms with E-state index in [1.165, 1.54) is 10.4 Å². The van der Waals surface area contributed by atoms with Crippen LogP contribution in [0.5, 0.6) is 0 Å². The summed E-state index contributed by atoms with van der Waals surface area (Å²) in [5.74, 6) is -0.842. The summed E-state index contributed by atoms with van der Waals surface area (Å²) >= 11 is 0. The van der Waals surface area contributed by atoms with Crippen LogP contribution in [0.2, 0.25) is 0 Å². The smallest absolute Gasteiger partial charge is 0.251 e. The summed E-state index contributed by atoms with van der Waals surface area (Å²) in [6, 6.07) is 12.8. The van der Waals surface area contributed by atoms with Crippen molar-refractivity contribution < 1.29 is 18.0 Å². The number of rotatable bonds is 10. The van der Waals surface area contributed by atoms with Gasteiger partial charge in [-0.2, -0.15) is 4.31 Å². The van der Waals surface area contributed by atoms with Crippen LogP contribution < -0.4 is 10.6 Å². The van der Waals surface area contributed by atoms with Crippen molar-refractivity contribution in [1.82, 2.24) is 9.62 Å². The summed E-state index contributed by atoms with van der Waals surface area (Å²) in [6.07, 6.45) is 0.683. The Labute approximate surface area is 191 Å². The Kier molecular flexibility index (Phi) is 8.98. The predicted octanol–water partition coefficient (Wildman–Crippen LogP) is 3.81. The molecule has 8 heteroatoms. The third kappa shape index (κ3) is 5.95. The zero-order valence-electron chi connectivity index (χ0n) is 19.4. The molecule has 0 fully saturated rings. The van der Waals surface area contributed by atoms with Gasteiger partial charge >= 0.3 is 0 Å². The molecule has 32 heavy (non-hydrogen) atoms. The van der Waals surface area contributed by atoms with Crippen molar-refractivity contribution in [2.75, 3.05) is 18.4 Å². The lowest BCUT2D eigenvalue weighted by Crippen LogP contribution is -2.47. The van der Waals surface area contributed by atoms with Crippen LogP contribution >= 0.6 is 0 Å². The maximum Gasteiger partial charge on any atom is 0.251 e. The van der Waals surface area contributed by atoms with E-state index in [1.54, 1.807) is 57.2 Å². The molecule has 2 rings (SSSR count). The first kappa shape index (κ1) is 25.5. The molecule has 0 aromatic heterocycles. The number of anilines is 1. The highest BCUT2D eigenvalue weighted by atomic mass is 32.2. The molecule has 2 amide bonds. The van der Waals surface area contributed by atoms with Crippen molar-refractivity contribution in [2.45, 2.75) is 52.0 Å². The molecule has 0 heterocycles. The van der Waals surface area contributed by atoms with Crippen LogP contribution in [-0.2, 0) is 14.8 Å². The van der Waals surface area contributed by atoms with Crippen molar-refractivity contribution in [3.05, 3.63) is 59.7 Å². The quantitative estimate of drug-likeness (QED) is 0.565. The van der Waals surface area contributed by atoms with E-state index in [1.807, 2.05) is 19.9 Å². The molecule has 0 aliphatic rings. The summed E-state index contributed by atoms with van der Waals surface area (Å²) in [5, 5.41) is 5.61. The fourth-order valence-electron chi connectivity index (χ4n) is 3.39. The van der Waals surface area contributed by atoms with E-state index >= 15 is 0 Å². The first-order chi connectivity index (χ1) is 15.1. The molecule has 0 aliphatic heterocycles. The van der Waals surface area contributed by atoms with E-state index in [0.29, 0.717) is 36.3 Å². The predicted molar refractivity (Wildman–Crippen MR) is 127 cm³/mol. The standard InChI is InChI=1S/C24H33N3O4S/c1-6-17(4)22(26-23(28)19-12-10-9-11-13-19)24(29)25-20-15-14-18(5)21(16-20)32(30,31)27(7-2)8-3/h9-17,22H,6-8H2,1-5H3,(H,25,29)(H,26,28). The molecule has 0 saturated carbocycles. The molecule has 7 nitrogen and oxygen atoms in total. The topological polar surface area (TPSA) is 95.6 Å². The lowest BCUT2D eigenvalue weighted by Gasteiger charge is -2.24. The minimum Gasteiger partial charge on any atom is -0.340 e. The molecule has 2 aromatic carbocycles. The molecule has 0 spiro atoms. The van der Waals surface area contributed by atoms with Crippen LogP contribution in [-0.4, -0.2) is 43.7 Å². The lowest BCUT2D eigenvalue weighted by atomic mass is 9.97. The summed E-state index contributed by atoms with van der Waals surface area (Å²) in [5.41, 5.74) is 1.44. The van der Waals surface area contributed by atoms with Gasteiger partial charge in [0, 0.05) is 24.3 Å². The van der Waals surface area contributed by atoms with Gasteiger partial charge in [-0.15, -0.1) is 0 Å². The molecule has 174 valence electrons. The van der Waals surface area contributed by atoms with Crippen LogP contribution in [0.3, 0.4) is 0 Å². The van der Waals surface area contributed by atoms with Crippen LogP contribution in [0.4, 0.5) is 5.69 Å². The zero-order chi connectivity index (χ0) is 23.9. The van der Waals surface area contributed by atoms with Crippen molar-refractivity contribution in [2.24, 2.45) is 5.92 Å². The zero-order valence-corrected chi connectivity index (χ0v) is 20.2. The maximum atomic E-state index is 13.1. The minimum atomic E-state index is -3.67. The first-order valence-corrected chi connectivity index (χ1v) is 12.4. The number of sulfonamides is 1. The molecular formula is C24H33N3O4S. The second-order valence-corrected chi connectivity index (χ2v) is 9.67. The fraction of sp³-hybridized carbons (Fsp3) is 0.417. The monoisotopic (exact) mass is 459 g/mol. The molecule has 2 unspecified atom stereocenters. The van der Waals surface area contributed by atoms with Crippen molar-refractivity contribution in [3.8, 4) is 0 Å². The Balaban J connectivity index is 2.29. The number of nitrogens with one attached hydrogen (secondary N) is 2. The minimum absolute atomic E-state index is 0.119. The van der Waals surface area contributed by atoms with Gasteiger partial charge in [-0.25, -0.2) is 8.42 Å². The van der Waals surface area contributed by atoms with Crippen LogP contribution in [0.25, 0.3) is 0 Å². The molecule has 0 aliphatic carbocycles. The van der Waals surface area contributed by atoms with Crippen LogP contribution in [0, 0.1) is 12.8 Å². The van der Waals surface area contributed by atoms with Gasteiger partial charge in [0.1, 0.15) is 6.04 Å². The van der Waals surface area contributed by atoms with Gasteiger partial charge in [-0.3, -0.25) is 9.59 Å². The average Bonchev–Trinajstić information content (AvgIpc) is 2.79. The van der Waals surface area contributed by atoms with Crippen molar-refractivity contribution in [1.29, 1.82) is 0 Å². The summed E-state index contributed by atoms with van der Waals surface area (Å²) < 4.78 is 27.4.